The fourth-order valence-corrected chi connectivity index (χ4v) is 2.60. The van der Waals surface area contributed by atoms with E-state index < -0.39 is 0 Å². The van der Waals surface area contributed by atoms with Gasteiger partial charge in [-0.05, 0) is 49.4 Å². The first kappa shape index (κ1) is 17.5. The summed E-state index contributed by atoms with van der Waals surface area (Å²) in [5.74, 6) is 1.60. The average molecular weight is 317 g/mol. The Labute approximate surface area is 139 Å². The molecule has 23 heavy (non-hydrogen) atoms. The maximum Gasteiger partial charge on any atom is 0.308 e. The van der Waals surface area contributed by atoms with Gasteiger partial charge >= 0.3 is 5.97 Å². The maximum atomic E-state index is 11.1. The molecular formula is C19H27NO3. The molecule has 2 rings (SSSR count). The summed E-state index contributed by atoms with van der Waals surface area (Å²) >= 11 is 0. The summed E-state index contributed by atoms with van der Waals surface area (Å²) in [6.07, 6.45) is 8.25. The fourth-order valence-electron chi connectivity index (χ4n) is 2.60. The Morgan fingerprint density at radius 1 is 1.35 bits per heavy atom. The molecule has 4 nitrogen and oxygen atoms in total. The van der Waals surface area contributed by atoms with Gasteiger partial charge in [-0.25, -0.2) is 0 Å². The predicted molar refractivity (Wildman–Crippen MR) is 92.8 cm³/mol. The Morgan fingerprint density at radius 3 is 2.74 bits per heavy atom. The second-order valence-corrected chi connectivity index (χ2v) is 6.11. The Kier molecular flexibility index (Phi) is 6.66. The number of ether oxygens (including phenoxy) is 2. The van der Waals surface area contributed by atoms with Crippen molar-refractivity contribution in [1.29, 1.82) is 0 Å². The van der Waals surface area contributed by atoms with Crippen LogP contribution in [0.5, 0.6) is 11.5 Å². The third-order valence-corrected chi connectivity index (χ3v) is 3.87. The van der Waals surface area contributed by atoms with Crippen LogP contribution in [0.3, 0.4) is 0 Å². The predicted octanol–water partition coefficient (Wildman–Crippen LogP) is 3.76. The highest BCUT2D eigenvalue weighted by atomic mass is 16.6. The summed E-state index contributed by atoms with van der Waals surface area (Å²) in [5.41, 5.74) is 1.04. The molecule has 1 aliphatic rings. The van der Waals surface area contributed by atoms with Crippen molar-refractivity contribution >= 4 is 12.0 Å². The first-order chi connectivity index (χ1) is 11.1. The molecule has 1 aliphatic carbocycles. The molecule has 1 aromatic rings. The van der Waals surface area contributed by atoms with Crippen LogP contribution in [0.15, 0.2) is 24.3 Å². The van der Waals surface area contributed by atoms with Crippen LogP contribution in [0, 0.1) is 5.92 Å². The summed E-state index contributed by atoms with van der Waals surface area (Å²) in [5, 5.41) is 0. The van der Waals surface area contributed by atoms with E-state index in [9.17, 15) is 4.79 Å². The van der Waals surface area contributed by atoms with Crippen molar-refractivity contribution in [1.82, 2.24) is 4.90 Å². The van der Waals surface area contributed by atoms with Gasteiger partial charge in [0.1, 0.15) is 0 Å². The Bertz CT molecular complexity index is 550. The number of benzene rings is 1. The number of carbonyl (C=O) groups is 1. The van der Waals surface area contributed by atoms with Crippen molar-refractivity contribution in [2.24, 2.45) is 5.92 Å². The molecule has 1 aromatic carbocycles. The lowest BCUT2D eigenvalue weighted by Crippen LogP contribution is -2.26. The molecule has 0 bridgehead atoms. The second kappa shape index (κ2) is 8.73. The molecule has 0 amide bonds. The van der Waals surface area contributed by atoms with E-state index in [0.29, 0.717) is 11.5 Å². The van der Waals surface area contributed by atoms with Crippen molar-refractivity contribution in [2.75, 3.05) is 26.7 Å². The first-order valence-corrected chi connectivity index (χ1v) is 8.37. The molecule has 1 saturated carbocycles. The van der Waals surface area contributed by atoms with Crippen molar-refractivity contribution in [3.63, 3.8) is 0 Å². The van der Waals surface area contributed by atoms with E-state index in [4.69, 9.17) is 9.47 Å². The summed E-state index contributed by atoms with van der Waals surface area (Å²) in [4.78, 5) is 13.6. The number of esters is 1. The minimum absolute atomic E-state index is 0.345. The largest absolute Gasteiger partial charge is 0.493 e. The van der Waals surface area contributed by atoms with E-state index in [-0.39, 0.29) is 5.97 Å². The van der Waals surface area contributed by atoms with Crippen LogP contribution in [0.25, 0.3) is 6.08 Å². The molecule has 0 spiro atoms. The van der Waals surface area contributed by atoms with Crippen LogP contribution < -0.4 is 9.47 Å². The van der Waals surface area contributed by atoms with Gasteiger partial charge < -0.3 is 9.47 Å². The van der Waals surface area contributed by atoms with E-state index in [1.54, 1.807) is 13.2 Å². The van der Waals surface area contributed by atoms with E-state index in [1.807, 2.05) is 12.1 Å². The van der Waals surface area contributed by atoms with Gasteiger partial charge in [0.2, 0.25) is 0 Å². The molecule has 0 aromatic heterocycles. The third-order valence-electron chi connectivity index (χ3n) is 3.87. The molecule has 0 N–H and O–H groups in total. The standard InChI is InChI=1S/C19H27NO3/c1-4-11-20(14-17-7-8-17)12-5-6-16-9-10-18(23-15(2)21)19(13-16)22-3/h5-6,9-10,13,17H,4,7-8,11-12,14H2,1-3H3. The summed E-state index contributed by atoms with van der Waals surface area (Å²) in [6.45, 7) is 6.94. The molecule has 0 heterocycles. The van der Waals surface area contributed by atoms with Crippen molar-refractivity contribution < 1.29 is 14.3 Å². The van der Waals surface area contributed by atoms with Gasteiger partial charge in [-0.1, -0.05) is 25.1 Å². The number of hydrogen-bond acceptors (Lipinski definition) is 4. The fraction of sp³-hybridized carbons (Fsp3) is 0.526. The molecular weight excluding hydrogens is 290 g/mol. The number of methoxy groups -OCH3 is 1. The molecule has 0 saturated heterocycles. The smallest absolute Gasteiger partial charge is 0.308 e. The monoisotopic (exact) mass is 317 g/mol. The van der Waals surface area contributed by atoms with Gasteiger partial charge in [0.25, 0.3) is 0 Å². The number of carbonyl (C=O) groups excluding carboxylic acids is 1. The summed E-state index contributed by atoms with van der Waals surface area (Å²) in [6, 6.07) is 5.59. The average Bonchev–Trinajstić information content (AvgIpc) is 3.32. The lowest BCUT2D eigenvalue weighted by Gasteiger charge is -2.19. The highest BCUT2D eigenvalue weighted by Gasteiger charge is 2.23. The molecule has 4 heteroatoms. The van der Waals surface area contributed by atoms with Crippen LogP contribution in [-0.4, -0.2) is 37.6 Å². The molecule has 0 unspecified atom stereocenters. The molecule has 126 valence electrons. The second-order valence-electron chi connectivity index (χ2n) is 6.11. The van der Waals surface area contributed by atoms with Gasteiger partial charge in [-0.2, -0.15) is 0 Å². The quantitative estimate of drug-likeness (QED) is 0.513. The van der Waals surface area contributed by atoms with Crippen molar-refractivity contribution in [2.45, 2.75) is 33.1 Å². The highest BCUT2D eigenvalue weighted by molar-refractivity contribution is 5.71. The number of rotatable bonds is 9. The van der Waals surface area contributed by atoms with Gasteiger partial charge in [0.15, 0.2) is 11.5 Å². The maximum absolute atomic E-state index is 11.1. The van der Waals surface area contributed by atoms with Crippen molar-refractivity contribution in [3.05, 3.63) is 29.8 Å². The third kappa shape index (κ3) is 6.06. The number of hydrogen-bond donors (Lipinski definition) is 0. The van der Waals surface area contributed by atoms with E-state index in [1.165, 1.54) is 32.7 Å². The summed E-state index contributed by atoms with van der Waals surface area (Å²) in [7, 11) is 1.58. The van der Waals surface area contributed by atoms with Gasteiger partial charge in [0, 0.05) is 20.0 Å². The van der Waals surface area contributed by atoms with E-state index in [2.05, 4.69) is 24.0 Å². The first-order valence-electron chi connectivity index (χ1n) is 8.37. The van der Waals surface area contributed by atoms with Crippen LogP contribution in [-0.2, 0) is 4.79 Å². The van der Waals surface area contributed by atoms with E-state index in [0.717, 1.165) is 24.6 Å². The van der Waals surface area contributed by atoms with Gasteiger partial charge in [-0.3, -0.25) is 9.69 Å². The lowest BCUT2D eigenvalue weighted by atomic mass is 10.2. The summed E-state index contributed by atoms with van der Waals surface area (Å²) < 4.78 is 10.4. The minimum atomic E-state index is -0.345. The van der Waals surface area contributed by atoms with Gasteiger partial charge in [-0.15, -0.1) is 0 Å². The van der Waals surface area contributed by atoms with E-state index >= 15 is 0 Å². The Hall–Kier alpha value is -1.81. The zero-order chi connectivity index (χ0) is 16.7. The van der Waals surface area contributed by atoms with Crippen LogP contribution in [0.4, 0.5) is 0 Å². The van der Waals surface area contributed by atoms with Crippen LogP contribution in [0.1, 0.15) is 38.7 Å². The zero-order valence-electron chi connectivity index (χ0n) is 14.4. The molecule has 0 atom stereocenters. The highest BCUT2D eigenvalue weighted by Crippen LogP contribution is 2.30. The van der Waals surface area contributed by atoms with Crippen LogP contribution >= 0.6 is 0 Å². The Balaban J connectivity index is 1.96. The molecule has 1 fully saturated rings. The zero-order valence-corrected chi connectivity index (χ0v) is 14.4. The van der Waals surface area contributed by atoms with Crippen LogP contribution in [0.2, 0.25) is 0 Å². The number of nitrogens with zero attached hydrogens (tertiary/aromatic N) is 1. The molecule has 0 aliphatic heterocycles. The topological polar surface area (TPSA) is 38.8 Å². The SMILES string of the molecule is CCCN(CC=Cc1ccc(OC(C)=O)c(OC)c1)CC1CC1. The lowest BCUT2D eigenvalue weighted by molar-refractivity contribution is -0.132. The Morgan fingerprint density at radius 2 is 2.13 bits per heavy atom. The normalized spacial score (nSPS) is 14.4. The van der Waals surface area contributed by atoms with Crippen molar-refractivity contribution in [3.8, 4) is 11.5 Å². The van der Waals surface area contributed by atoms with Gasteiger partial charge in [0.05, 0.1) is 7.11 Å². The minimum Gasteiger partial charge on any atom is -0.493 e. The molecule has 0 radical (unpaired) electrons.